The monoisotopic (exact) mass is 134 g/mol. The van der Waals surface area contributed by atoms with E-state index >= 15 is 0 Å². The van der Waals surface area contributed by atoms with Crippen LogP contribution >= 0.6 is 0 Å². The minimum absolute atomic E-state index is 0.404. The Bertz CT molecular complexity index is 247. The van der Waals surface area contributed by atoms with Gasteiger partial charge in [-0.05, 0) is 12.1 Å². The van der Waals surface area contributed by atoms with Gasteiger partial charge in [-0.1, -0.05) is 0 Å². The summed E-state index contributed by atoms with van der Waals surface area (Å²) in [6.07, 6.45) is 1.51. The molecule has 0 fully saturated rings. The van der Waals surface area contributed by atoms with Gasteiger partial charge in [0, 0.05) is 0 Å². The van der Waals surface area contributed by atoms with Gasteiger partial charge in [0.15, 0.2) is 0 Å². The number of ether oxygens (including phenoxy) is 1. The molecule has 0 saturated heterocycles. The van der Waals surface area contributed by atoms with Gasteiger partial charge in [-0.15, -0.1) is 0 Å². The summed E-state index contributed by atoms with van der Waals surface area (Å²) in [4.78, 5) is 3.78. The van der Waals surface area contributed by atoms with Crippen molar-refractivity contribution < 1.29 is 4.74 Å². The second-order valence-electron chi connectivity index (χ2n) is 1.70. The zero-order chi connectivity index (χ0) is 7.40. The van der Waals surface area contributed by atoms with Crippen molar-refractivity contribution in [2.75, 3.05) is 7.11 Å². The molecule has 0 spiro atoms. The van der Waals surface area contributed by atoms with E-state index in [0.29, 0.717) is 11.4 Å². The number of hydrogen-bond acceptors (Lipinski definition) is 3. The Labute approximate surface area is 58.9 Å². The number of aromatic nitrogens is 1. The molecule has 1 rings (SSSR count). The Morgan fingerprint density at radius 2 is 2.40 bits per heavy atom. The summed E-state index contributed by atoms with van der Waals surface area (Å²) >= 11 is 0. The van der Waals surface area contributed by atoms with Crippen LogP contribution in [-0.4, -0.2) is 12.1 Å². The molecule has 3 heteroatoms. The van der Waals surface area contributed by atoms with Crippen molar-refractivity contribution in [3.05, 3.63) is 24.0 Å². The number of nitriles is 1. The van der Waals surface area contributed by atoms with Crippen LogP contribution in [0.5, 0.6) is 5.75 Å². The summed E-state index contributed by atoms with van der Waals surface area (Å²) < 4.78 is 4.84. The third-order valence-corrected chi connectivity index (χ3v) is 1.09. The number of methoxy groups -OCH3 is 1. The fraction of sp³-hybridized carbons (Fsp3) is 0.143. The standard InChI is InChI=1S/C7H6N2O/c1-10-7-3-2-6(4-8)9-5-7/h2-3,5H,1H3. The molecule has 1 aromatic heterocycles. The molecule has 10 heavy (non-hydrogen) atoms. The van der Waals surface area contributed by atoms with Gasteiger partial charge in [-0.2, -0.15) is 5.26 Å². The first kappa shape index (κ1) is 6.56. The van der Waals surface area contributed by atoms with E-state index in [9.17, 15) is 0 Å². The molecule has 0 amide bonds. The summed E-state index contributed by atoms with van der Waals surface area (Å²) in [5.41, 5.74) is 0.404. The summed E-state index contributed by atoms with van der Waals surface area (Å²) in [6, 6.07) is 5.22. The van der Waals surface area contributed by atoms with E-state index < -0.39 is 0 Å². The van der Waals surface area contributed by atoms with Crippen LogP contribution in [0.25, 0.3) is 0 Å². The highest BCUT2D eigenvalue weighted by molar-refractivity contribution is 5.26. The number of hydrogen-bond donors (Lipinski definition) is 0. The summed E-state index contributed by atoms with van der Waals surface area (Å²) in [6.45, 7) is 0. The lowest BCUT2D eigenvalue weighted by atomic mass is 10.4. The van der Waals surface area contributed by atoms with Gasteiger partial charge in [-0.25, -0.2) is 4.98 Å². The average molecular weight is 134 g/mol. The van der Waals surface area contributed by atoms with Crippen molar-refractivity contribution in [3.8, 4) is 11.8 Å². The van der Waals surface area contributed by atoms with Crippen molar-refractivity contribution >= 4 is 0 Å². The van der Waals surface area contributed by atoms with Crippen molar-refractivity contribution in [1.82, 2.24) is 4.98 Å². The smallest absolute Gasteiger partial charge is 0.140 e. The van der Waals surface area contributed by atoms with E-state index in [-0.39, 0.29) is 0 Å². The van der Waals surface area contributed by atoms with Crippen molar-refractivity contribution in [2.45, 2.75) is 0 Å². The first-order valence-corrected chi connectivity index (χ1v) is 2.77. The van der Waals surface area contributed by atoms with Crippen LogP contribution < -0.4 is 4.74 Å². The van der Waals surface area contributed by atoms with Crippen LogP contribution in [0.15, 0.2) is 18.3 Å². The molecule has 0 unspecified atom stereocenters. The van der Waals surface area contributed by atoms with Gasteiger partial charge in [0.1, 0.15) is 17.5 Å². The number of rotatable bonds is 1. The Balaban J connectivity index is 2.93. The minimum atomic E-state index is 0.404. The van der Waals surface area contributed by atoms with Gasteiger partial charge in [0.05, 0.1) is 13.3 Å². The van der Waals surface area contributed by atoms with Crippen molar-refractivity contribution in [3.63, 3.8) is 0 Å². The highest BCUT2D eigenvalue weighted by Crippen LogP contribution is 2.06. The second kappa shape index (κ2) is 2.83. The van der Waals surface area contributed by atoms with E-state index in [1.807, 2.05) is 6.07 Å². The molecule has 0 aliphatic rings. The highest BCUT2D eigenvalue weighted by Gasteiger charge is 1.90. The Morgan fingerprint density at radius 3 is 2.80 bits per heavy atom. The molecule has 0 saturated carbocycles. The largest absolute Gasteiger partial charge is 0.495 e. The third-order valence-electron chi connectivity index (χ3n) is 1.09. The van der Waals surface area contributed by atoms with E-state index in [0.717, 1.165) is 0 Å². The molecule has 1 heterocycles. The molecule has 1 aromatic rings. The van der Waals surface area contributed by atoms with Gasteiger partial charge in [-0.3, -0.25) is 0 Å². The number of nitrogens with zero attached hydrogens (tertiary/aromatic N) is 2. The maximum absolute atomic E-state index is 8.35. The van der Waals surface area contributed by atoms with Crippen molar-refractivity contribution in [2.24, 2.45) is 0 Å². The van der Waals surface area contributed by atoms with E-state index in [1.54, 1.807) is 19.2 Å². The molecule has 0 radical (unpaired) electrons. The Morgan fingerprint density at radius 1 is 1.60 bits per heavy atom. The van der Waals surface area contributed by atoms with E-state index in [4.69, 9.17) is 10.00 Å². The normalized spacial score (nSPS) is 8.40. The predicted octanol–water partition coefficient (Wildman–Crippen LogP) is 0.962. The van der Waals surface area contributed by atoms with Gasteiger partial charge in [0.2, 0.25) is 0 Å². The highest BCUT2D eigenvalue weighted by atomic mass is 16.5. The fourth-order valence-electron chi connectivity index (χ4n) is 0.567. The predicted molar refractivity (Wildman–Crippen MR) is 35.5 cm³/mol. The first-order chi connectivity index (χ1) is 4.86. The lowest BCUT2D eigenvalue weighted by Gasteiger charge is -1.95. The maximum Gasteiger partial charge on any atom is 0.140 e. The van der Waals surface area contributed by atoms with Gasteiger partial charge < -0.3 is 4.74 Å². The van der Waals surface area contributed by atoms with E-state index in [1.165, 1.54) is 6.20 Å². The lowest BCUT2D eigenvalue weighted by Crippen LogP contribution is -1.85. The molecule has 0 aliphatic carbocycles. The molecular weight excluding hydrogens is 128 g/mol. The quantitative estimate of drug-likeness (QED) is 0.574. The van der Waals surface area contributed by atoms with Crippen LogP contribution in [0.3, 0.4) is 0 Å². The van der Waals surface area contributed by atoms with Crippen LogP contribution in [0.4, 0.5) is 0 Å². The van der Waals surface area contributed by atoms with E-state index in [2.05, 4.69) is 4.98 Å². The van der Waals surface area contributed by atoms with Gasteiger partial charge >= 0.3 is 0 Å². The summed E-state index contributed by atoms with van der Waals surface area (Å²) in [5, 5.41) is 8.35. The average Bonchev–Trinajstić information content (AvgIpc) is 2.05. The zero-order valence-electron chi connectivity index (χ0n) is 5.53. The minimum Gasteiger partial charge on any atom is -0.495 e. The summed E-state index contributed by atoms with van der Waals surface area (Å²) in [7, 11) is 1.56. The van der Waals surface area contributed by atoms with Crippen LogP contribution in [-0.2, 0) is 0 Å². The molecular formula is C7H6N2O. The molecule has 3 nitrogen and oxygen atoms in total. The number of pyridine rings is 1. The lowest BCUT2D eigenvalue weighted by molar-refractivity contribution is 0.413. The van der Waals surface area contributed by atoms with Crippen LogP contribution in [0.1, 0.15) is 5.69 Å². The fourth-order valence-corrected chi connectivity index (χ4v) is 0.567. The molecule has 0 aromatic carbocycles. The van der Waals surface area contributed by atoms with Crippen molar-refractivity contribution in [1.29, 1.82) is 5.26 Å². The molecule has 0 bridgehead atoms. The summed E-state index contributed by atoms with van der Waals surface area (Å²) in [5.74, 6) is 0.666. The topological polar surface area (TPSA) is 45.9 Å². The second-order valence-corrected chi connectivity index (χ2v) is 1.70. The SMILES string of the molecule is COc1ccc(C#N)nc1. The third kappa shape index (κ3) is 1.23. The molecule has 50 valence electrons. The molecule has 0 atom stereocenters. The Hall–Kier alpha value is -1.56. The Kier molecular flexibility index (Phi) is 1.86. The zero-order valence-corrected chi connectivity index (χ0v) is 5.53. The first-order valence-electron chi connectivity index (χ1n) is 2.77. The van der Waals surface area contributed by atoms with Crippen LogP contribution in [0.2, 0.25) is 0 Å². The van der Waals surface area contributed by atoms with Crippen LogP contribution in [0, 0.1) is 11.3 Å². The maximum atomic E-state index is 8.35. The molecule has 0 N–H and O–H groups in total. The van der Waals surface area contributed by atoms with Gasteiger partial charge in [0.25, 0.3) is 0 Å². The molecule has 0 aliphatic heterocycles.